The Bertz CT molecular complexity index is 525. The summed E-state index contributed by atoms with van der Waals surface area (Å²) in [7, 11) is 0. The second kappa shape index (κ2) is 6.14. The van der Waals surface area contributed by atoms with Gasteiger partial charge in [-0.1, -0.05) is 17.7 Å². The van der Waals surface area contributed by atoms with E-state index in [1.165, 1.54) is 5.56 Å². The summed E-state index contributed by atoms with van der Waals surface area (Å²) in [6.45, 7) is 9.34. The van der Waals surface area contributed by atoms with E-state index in [2.05, 4.69) is 17.1 Å². The Hall–Kier alpha value is -1.42. The van der Waals surface area contributed by atoms with Crippen LogP contribution in [-0.2, 0) is 4.74 Å². The summed E-state index contributed by atoms with van der Waals surface area (Å²) in [6.07, 6.45) is 0.558. The lowest BCUT2D eigenvalue weighted by Crippen LogP contribution is -2.40. The van der Waals surface area contributed by atoms with Crippen molar-refractivity contribution in [3.05, 3.63) is 28.8 Å². The van der Waals surface area contributed by atoms with Crippen molar-refractivity contribution in [1.29, 1.82) is 0 Å². The highest BCUT2D eigenvalue weighted by Gasteiger charge is 2.26. The lowest BCUT2D eigenvalue weighted by Gasteiger charge is -2.23. The van der Waals surface area contributed by atoms with Gasteiger partial charge < -0.3 is 15.0 Å². The SMILES string of the molecule is Cc1ccc(Cl)cc1N1CCC(NC(=O)OC(C)(C)C)C1. The summed E-state index contributed by atoms with van der Waals surface area (Å²) in [5.41, 5.74) is 1.86. The number of rotatable bonds is 2. The number of carbonyl (C=O) groups excluding carboxylic acids is 1. The molecule has 4 nitrogen and oxygen atoms in total. The highest BCUT2D eigenvalue weighted by molar-refractivity contribution is 6.30. The zero-order chi connectivity index (χ0) is 15.6. The van der Waals surface area contributed by atoms with Crippen molar-refractivity contribution in [2.75, 3.05) is 18.0 Å². The second-order valence-electron chi connectivity index (χ2n) is 6.51. The molecular formula is C16H23ClN2O2. The fraction of sp³-hybridized carbons (Fsp3) is 0.562. The van der Waals surface area contributed by atoms with Gasteiger partial charge in [0.1, 0.15) is 5.60 Å². The number of nitrogens with one attached hydrogen (secondary N) is 1. The first-order valence-electron chi connectivity index (χ1n) is 7.25. The van der Waals surface area contributed by atoms with E-state index in [9.17, 15) is 4.79 Å². The molecule has 1 aliphatic rings. The van der Waals surface area contributed by atoms with E-state index in [1.807, 2.05) is 39.0 Å². The van der Waals surface area contributed by atoms with Gasteiger partial charge in [-0.3, -0.25) is 0 Å². The maximum Gasteiger partial charge on any atom is 0.407 e. The Balaban J connectivity index is 1.95. The van der Waals surface area contributed by atoms with Crippen LogP contribution in [0.4, 0.5) is 10.5 Å². The van der Waals surface area contributed by atoms with Crippen LogP contribution in [0.3, 0.4) is 0 Å². The Morgan fingerprint density at radius 3 is 2.81 bits per heavy atom. The molecule has 1 atom stereocenters. The van der Waals surface area contributed by atoms with Gasteiger partial charge in [0, 0.05) is 23.8 Å². The molecule has 0 bridgehead atoms. The average Bonchev–Trinajstić information content (AvgIpc) is 2.78. The van der Waals surface area contributed by atoms with E-state index >= 15 is 0 Å². The topological polar surface area (TPSA) is 41.6 Å². The first-order chi connectivity index (χ1) is 9.74. The Morgan fingerprint density at radius 2 is 2.14 bits per heavy atom. The highest BCUT2D eigenvalue weighted by Crippen LogP contribution is 2.27. The summed E-state index contributed by atoms with van der Waals surface area (Å²) in [4.78, 5) is 14.1. The third-order valence-electron chi connectivity index (χ3n) is 3.42. The van der Waals surface area contributed by atoms with Gasteiger partial charge in [-0.05, 0) is 51.8 Å². The molecule has 2 rings (SSSR count). The molecule has 0 saturated carbocycles. The number of ether oxygens (including phenoxy) is 1. The molecule has 1 aromatic rings. The number of aryl methyl sites for hydroxylation is 1. The smallest absolute Gasteiger partial charge is 0.407 e. The predicted octanol–water partition coefficient (Wildman–Crippen LogP) is 3.75. The fourth-order valence-corrected chi connectivity index (χ4v) is 2.66. The van der Waals surface area contributed by atoms with Crippen molar-refractivity contribution >= 4 is 23.4 Å². The van der Waals surface area contributed by atoms with Crippen molar-refractivity contribution in [3.63, 3.8) is 0 Å². The molecule has 5 heteroatoms. The number of anilines is 1. The summed E-state index contributed by atoms with van der Waals surface area (Å²) in [5, 5.41) is 3.67. The van der Waals surface area contributed by atoms with Crippen LogP contribution in [0.5, 0.6) is 0 Å². The molecule has 1 heterocycles. The van der Waals surface area contributed by atoms with E-state index in [0.29, 0.717) is 0 Å². The van der Waals surface area contributed by atoms with Gasteiger partial charge >= 0.3 is 6.09 Å². The molecular weight excluding hydrogens is 288 g/mol. The van der Waals surface area contributed by atoms with Crippen LogP contribution in [0, 0.1) is 6.92 Å². The lowest BCUT2D eigenvalue weighted by atomic mass is 10.2. The molecule has 0 spiro atoms. The number of alkyl carbamates (subject to hydrolysis) is 1. The van der Waals surface area contributed by atoms with Gasteiger partial charge in [-0.2, -0.15) is 0 Å². The third-order valence-corrected chi connectivity index (χ3v) is 3.66. The minimum Gasteiger partial charge on any atom is -0.444 e. The van der Waals surface area contributed by atoms with Crippen molar-refractivity contribution < 1.29 is 9.53 Å². The van der Waals surface area contributed by atoms with Gasteiger partial charge in [-0.15, -0.1) is 0 Å². The standard InChI is InChI=1S/C16H23ClN2O2/c1-11-5-6-12(17)9-14(11)19-8-7-13(10-19)18-15(20)21-16(2,3)4/h5-6,9,13H,7-8,10H2,1-4H3,(H,18,20). The van der Waals surface area contributed by atoms with E-state index in [4.69, 9.17) is 16.3 Å². The summed E-state index contributed by atoms with van der Waals surface area (Å²) >= 11 is 6.07. The van der Waals surface area contributed by atoms with Crippen molar-refractivity contribution in [2.45, 2.75) is 45.8 Å². The monoisotopic (exact) mass is 310 g/mol. The van der Waals surface area contributed by atoms with Crippen molar-refractivity contribution in [1.82, 2.24) is 5.32 Å². The van der Waals surface area contributed by atoms with Crippen molar-refractivity contribution in [3.8, 4) is 0 Å². The summed E-state index contributed by atoms with van der Waals surface area (Å²) in [5.74, 6) is 0. The quantitative estimate of drug-likeness (QED) is 0.904. The molecule has 21 heavy (non-hydrogen) atoms. The first-order valence-corrected chi connectivity index (χ1v) is 7.63. The molecule has 1 fully saturated rings. The summed E-state index contributed by atoms with van der Waals surface area (Å²) < 4.78 is 5.29. The normalized spacial score (nSPS) is 18.7. The van der Waals surface area contributed by atoms with E-state index in [-0.39, 0.29) is 12.1 Å². The van der Waals surface area contributed by atoms with Gasteiger partial charge in [0.2, 0.25) is 0 Å². The average molecular weight is 311 g/mol. The molecule has 0 aromatic heterocycles. The highest BCUT2D eigenvalue weighted by atomic mass is 35.5. The molecule has 1 N–H and O–H groups in total. The predicted molar refractivity (Wildman–Crippen MR) is 86.2 cm³/mol. The number of carbonyl (C=O) groups is 1. The lowest BCUT2D eigenvalue weighted by molar-refractivity contribution is 0.0509. The molecule has 0 radical (unpaired) electrons. The van der Waals surface area contributed by atoms with Crippen LogP contribution >= 0.6 is 11.6 Å². The Morgan fingerprint density at radius 1 is 1.43 bits per heavy atom. The third kappa shape index (κ3) is 4.53. The van der Waals surface area contributed by atoms with Crippen LogP contribution in [0.25, 0.3) is 0 Å². The van der Waals surface area contributed by atoms with Gasteiger partial charge in [-0.25, -0.2) is 4.79 Å². The van der Waals surface area contributed by atoms with Crippen LogP contribution in [-0.4, -0.2) is 30.8 Å². The molecule has 1 aromatic carbocycles. The number of benzene rings is 1. The van der Waals surface area contributed by atoms with Gasteiger partial charge in [0.25, 0.3) is 0 Å². The van der Waals surface area contributed by atoms with Gasteiger partial charge in [0.05, 0.1) is 6.04 Å². The molecule has 1 unspecified atom stereocenters. The van der Waals surface area contributed by atoms with E-state index < -0.39 is 5.60 Å². The van der Waals surface area contributed by atoms with Crippen LogP contribution in [0.15, 0.2) is 18.2 Å². The molecule has 1 saturated heterocycles. The maximum absolute atomic E-state index is 11.8. The summed E-state index contributed by atoms with van der Waals surface area (Å²) in [6, 6.07) is 6.00. The largest absolute Gasteiger partial charge is 0.444 e. The second-order valence-corrected chi connectivity index (χ2v) is 6.95. The van der Waals surface area contributed by atoms with E-state index in [0.717, 1.165) is 30.2 Å². The minimum absolute atomic E-state index is 0.109. The zero-order valence-corrected chi connectivity index (χ0v) is 13.8. The van der Waals surface area contributed by atoms with Crippen LogP contribution in [0.1, 0.15) is 32.8 Å². The number of hydrogen-bond acceptors (Lipinski definition) is 3. The minimum atomic E-state index is -0.466. The molecule has 1 aliphatic heterocycles. The number of nitrogens with zero attached hydrogens (tertiary/aromatic N) is 1. The maximum atomic E-state index is 11.8. The van der Waals surface area contributed by atoms with E-state index in [1.54, 1.807) is 0 Å². The Kier molecular flexibility index (Phi) is 4.67. The Labute approximate surface area is 131 Å². The molecule has 0 aliphatic carbocycles. The number of amides is 1. The first kappa shape index (κ1) is 16.0. The zero-order valence-electron chi connectivity index (χ0n) is 13.1. The van der Waals surface area contributed by atoms with Crippen LogP contribution < -0.4 is 10.2 Å². The number of halogens is 1. The van der Waals surface area contributed by atoms with Crippen molar-refractivity contribution in [2.24, 2.45) is 0 Å². The fourth-order valence-electron chi connectivity index (χ4n) is 2.49. The molecule has 116 valence electrons. The molecule has 1 amide bonds. The number of hydrogen-bond donors (Lipinski definition) is 1. The van der Waals surface area contributed by atoms with Crippen LogP contribution in [0.2, 0.25) is 5.02 Å². The van der Waals surface area contributed by atoms with Gasteiger partial charge in [0.15, 0.2) is 0 Å².